The van der Waals surface area contributed by atoms with Crippen molar-refractivity contribution in [2.24, 2.45) is 0 Å². The molecule has 0 amide bonds. The Morgan fingerprint density at radius 1 is 1.17 bits per heavy atom. The monoisotopic (exact) mass is 160 g/mol. The van der Waals surface area contributed by atoms with Crippen LogP contribution in [0.1, 0.15) is 12.8 Å². The van der Waals surface area contributed by atoms with Crippen LogP contribution in [0.5, 0.6) is 0 Å². The standard InChI is InChI=1S/C12H16/c1-5-8-10-11(4)12(7-3)9-6-2/h5-7,9H,1-4,8,10H2/b12-9+. The van der Waals surface area contributed by atoms with Gasteiger partial charge < -0.3 is 0 Å². The first kappa shape index (κ1) is 10.7. The quantitative estimate of drug-likeness (QED) is 0.409. The Morgan fingerprint density at radius 3 is 2.25 bits per heavy atom. The second-order valence-corrected chi connectivity index (χ2v) is 2.49. The molecule has 0 fully saturated rings. The Hall–Kier alpha value is -1.30. The normalized spacial score (nSPS) is 10.5. The van der Waals surface area contributed by atoms with Crippen molar-refractivity contribution in [3.05, 3.63) is 61.8 Å². The Bertz CT molecular complexity index is 216. The summed E-state index contributed by atoms with van der Waals surface area (Å²) in [6, 6.07) is 0. The zero-order valence-electron chi connectivity index (χ0n) is 7.55. The molecule has 0 N–H and O–H groups in total. The lowest BCUT2D eigenvalue weighted by Crippen LogP contribution is -1.83. The van der Waals surface area contributed by atoms with Gasteiger partial charge in [0, 0.05) is 0 Å². The van der Waals surface area contributed by atoms with E-state index in [1.54, 1.807) is 12.2 Å². The third-order valence-electron chi connectivity index (χ3n) is 1.58. The van der Waals surface area contributed by atoms with Crippen molar-refractivity contribution in [2.75, 3.05) is 0 Å². The second-order valence-electron chi connectivity index (χ2n) is 2.49. The van der Waals surface area contributed by atoms with Crippen molar-refractivity contribution in [3.8, 4) is 0 Å². The van der Waals surface area contributed by atoms with E-state index in [2.05, 4.69) is 26.3 Å². The molecule has 0 rings (SSSR count). The van der Waals surface area contributed by atoms with Gasteiger partial charge in [-0.15, -0.1) is 6.58 Å². The van der Waals surface area contributed by atoms with Crippen LogP contribution in [-0.4, -0.2) is 0 Å². The lowest BCUT2D eigenvalue weighted by atomic mass is 10.0. The van der Waals surface area contributed by atoms with Crippen LogP contribution < -0.4 is 0 Å². The Morgan fingerprint density at radius 2 is 1.83 bits per heavy atom. The third kappa shape index (κ3) is 3.77. The maximum Gasteiger partial charge on any atom is -0.0236 e. The molecule has 0 aromatic heterocycles. The van der Waals surface area contributed by atoms with Crippen molar-refractivity contribution in [1.29, 1.82) is 0 Å². The molecular formula is C12H16. The van der Waals surface area contributed by atoms with Crippen LogP contribution in [-0.2, 0) is 0 Å². The van der Waals surface area contributed by atoms with E-state index in [0.29, 0.717) is 0 Å². The molecule has 0 spiro atoms. The summed E-state index contributed by atoms with van der Waals surface area (Å²) in [5, 5.41) is 0. The Kier molecular flexibility index (Phi) is 5.72. The van der Waals surface area contributed by atoms with Crippen LogP contribution in [0, 0.1) is 0 Å². The molecule has 0 bridgehead atoms. The summed E-state index contributed by atoms with van der Waals surface area (Å²) in [6.45, 7) is 14.9. The first-order valence-corrected chi connectivity index (χ1v) is 4.00. The summed E-state index contributed by atoms with van der Waals surface area (Å²) in [5.74, 6) is 0. The molecule has 0 atom stereocenters. The van der Waals surface area contributed by atoms with Gasteiger partial charge in [0.15, 0.2) is 0 Å². The van der Waals surface area contributed by atoms with Crippen LogP contribution in [0.2, 0.25) is 0 Å². The zero-order valence-corrected chi connectivity index (χ0v) is 7.55. The van der Waals surface area contributed by atoms with Gasteiger partial charge in [-0.25, -0.2) is 0 Å². The summed E-state index contributed by atoms with van der Waals surface area (Å²) < 4.78 is 0. The van der Waals surface area contributed by atoms with Gasteiger partial charge in [-0.1, -0.05) is 44.0 Å². The van der Waals surface area contributed by atoms with E-state index < -0.39 is 0 Å². The number of hydrogen-bond acceptors (Lipinski definition) is 0. The lowest BCUT2D eigenvalue weighted by molar-refractivity contribution is 1.00. The number of rotatable bonds is 6. The molecule has 0 nitrogen and oxygen atoms in total. The summed E-state index contributed by atoms with van der Waals surface area (Å²) in [4.78, 5) is 0. The molecule has 64 valence electrons. The molecule has 0 heteroatoms. The van der Waals surface area contributed by atoms with Gasteiger partial charge in [0.25, 0.3) is 0 Å². The molecular weight excluding hydrogens is 144 g/mol. The molecule has 12 heavy (non-hydrogen) atoms. The highest BCUT2D eigenvalue weighted by Gasteiger charge is 1.95. The first-order valence-electron chi connectivity index (χ1n) is 4.00. The molecule has 0 unspecified atom stereocenters. The van der Waals surface area contributed by atoms with Crippen LogP contribution in [0.25, 0.3) is 0 Å². The van der Waals surface area contributed by atoms with Crippen molar-refractivity contribution in [1.82, 2.24) is 0 Å². The van der Waals surface area contributed by atoms with E-state index >= 15 is 0 Å². The molecule has 0 aliphatic heterocycles. The van der Waals surface area contributed by atoms with Gasteiger partial charge in [-0.05, 0) is 24.0 Å². The molecule has 0 radical (unpaired) electrons. The number of hydrogen-bond donors (Lipinski definition) is 0. The van der Waals surface area contributed by atoms with E-state index in [4.69, 9.17) is 0 Å². The predicted octanol–water partition coefficient (Wildman–Crippen LogP) is 3.81. The topological polar surface area (TPSA) is 0 Å². The molecule has 0 aromatic carbocycles. The fourth-order valence-electron chi connectivity index (χ4n) is 0.878. The third-order valence-corrected chi connectivity index (χ3v) is 1.58. The molecule has 0 aromatic rings. The predicted molar refractivity (Wildman–Crippen MR) is 57.0 cm³/mol. The summed E-state index contributed by atoms with van der Waals surface area (Å²) >= 11 is 0. The minimum atomic E-state index is 0.940. The highest BCUT2D eigenvalue weighted by molar-refractivity contribution is 5.39. The van der Waals surface area contributed by atoms with Crippen LogP contribution >= 0.6 is 0 Å². The van der Waals surface area contributed by atoms with Crippen molar-refractivity contribution in [3.63, 3.8) is 0 Å². The average molecular weight is 160 g/mol. The maximum absolute atomic E-state index is 3.95. The van der Waals surface area contributed by atoms with E-state index in [-0.39, 0.29) is 0 Å². The van der Waals surface area contributed by atoms with Crippen LogP contribution in [0.4, 0.5) is 0 Å². The Balaban J connectivity index is 4.21. The minimum absolute atomic E-state index is 0.940. The molecule has 0 saturated carbocycles. The van der Waals surface area contributed by atoms with E-state index in [1.165, 1.54) is 0 Å². The fraction of sp³-hybridized carbons (Fsp3) is 0.167. The van der Waals surface area contributed by atoms with Gasteiger partial charge in [-0.3, -0.25) is 0 Å². The van der Waals surface area contributed by atoms with Gasteiger partial charge in [0.05, 0.1) is 0 Å². The maximum atomic E-state index is 3.95. The highest BCUT2D eigenvalue weighted by Crippen LogP contribution is 2.14. The summed E-state index contributed by atoms with van der Waals surface area (Å²) in [7, 11) is 0. The van der Waals surface area contributed by atoms with Gasteiger partial charge >= 0.3 is 0 Å². The van der Waals surface area contributed by atoms with E-state index in [0.717, 1.165) is 24.0 Å². The first-order chi connectivity index (χ1) is 5.76. The largest absolute Gasteiger partial charge is 0.103 e. The average Bonchev–Trinajstić information content (AvgIpc) is 2.10. The fourth-order valence-corrected chi connectivity index (χ4v) is 0.878. The lowest BCUT2D eigenvalue weighted by Gasteiger charge is -2.03. The summed E-state index contributed by atoms with van der Waals surface area (Å²) in [5.41, 5.74) is 2.15. The molecule has 0 saturated heterocycles. The van der Waals surface area contributed by atoms with E-state index in [1.807, 2.05) is 12.2 Å². The van der Waals surface area contributed by atoms with Gasteiger partial charge in [0.2, 0.25) is 0 Å². The minimum Gasteiger partial charge on any atom is -0.103 e. The molecule has 0 aliphatic rings. The zero-order chi connectivity index (χ0) is 9.40. The highest BCUT2D eigenvalue weighted by atomic mass is 14.0. The van der Waals surface area contributed by atoms with Crippen LogP contribution in [0.15, 0.2) is 61.8 Å². The van der Waals surface area contributed by atoms with E-state index in [9.17, 15) is 0 Å². The smallest absolute Gasteiger partial charge is 0.0236 e. The SMILES string of the molecule is C=C/C=C(\C=C)C(=C)CCC=C. The Labute approximate surface area is 75.3 Å². The summed E-state index contributed by atoms with van der Waals surface area (Å²) in [6.07, 6.45) is 9.25. The van der Waals surface area contributed by atoms with Crippen molar-refractivity contribution in [2.45, 2.75) is 12.8 Å². The number of allylic oxidation sites excluding steroid dienone is 6. The van der Waals surface area contributed by atoms with Gasteiger partial charge in [0.1, 0.15) is 0 Å². The second kappa shape index (κ2) is 6.41. The van der Waals surface area contributed by atoms with Crippen molar-refractivity contribution >= 4 is 0 Å². The van der Waals surface area contributed by atoms with Crippen molar-refractivity contribution < 1.29 is 0 Å². The van der Waals surface area contributed by atoms with Crippen LogP contribution in [0.3, 0.4) is 0 Å². The molecule has 0 heterocycles. The van der Waals surface area contributed by atoms with Gasteiger partial charge in [-0.2, -0.15) is 0 Å². The molecule has 0 aliphatic carbocycles.